The Morgan fingerprint density at radius 3 is 2.68 bits per heavy atom. The highest BCUT2D eigenvalue weighted by Crippen LogP contribution is 2.23. The van der Waals surface area contributed by atoms with E-state index in [1.54, 1.807) is 25.1 Å². The lowest BCUT2D eigenvalue weighted by Gasteiger charge is -2.09. The standard InChI is InChI=1S/C22H23FN6O4S/c1-3-28-19(10-11-24-21(31)16-6-4-5-7-17(16)23)26-27-22(28)34-13-20(30)25-15-9-8-14(2)18(12-15)29(32)33/h4-9,12H,3,10-11,13H2,1-2H3,(H,24,31)(H,25,30). The van der Waals surface area contributed by atoms with Gasteiger partial charge in [0.05, 0.1) is 16.2 Å². The van der Waals surface area contributed by atoms with Crippen LogP contribution in [0.15, 0.2) is 47.6 Å². The smallest absolute Gasteiger partial charge is 0.274 e. The fourth-order valence-electron chi connectivity index (χ4n) is 3.17. The minimum Gasteiger partial charge on any atom is -0.351 e. The normalized spacial score (nSPS) is 10.7. The van der Waals surface area contributed by atoms with Gasteiger partial charge in [-0.2, -0.15) is 0 Å². The van der Waals surface area contributed by atoms with Gasteiger partial charge in [0.25, 0.3) is 11.6 Å². The summed E-state index contributed by atoms with van der Waals surface area (Å²) in [5.41, 5.74) is 0.751. The molecule has 0 aliphatic carbocycles. The van der Waals surface area contributed by atoms with Crippen molar-refractivity contribution in [3.63, 3.8) is 0 Å². The number of thioether (sulfide) groups is 1. The van der Waals surface area contributed by atoms with Crippen molar-refractivity contribution in [2.75, 3.05) is 17.6 Å². The zero-order chi connectivity index (χ0) is 24.7. The van der Waals surface area contributed by atoms with Crippen molar-refractivity contribution in [2.24, 2.45) is 0 Å². The third-order valence-electron chi connectivity index (χ3n) is 4.88. The molecule has 3 aromatic rings. The van der Waals surface area contributed by atoms with E-state index in [4.69, 9.17) is 0 Å². The number of anilines is 1. The van der Waals surface area contributed by atoms with Crippen molar-refractivity contribution in [1.82, 2.24) is 20.1 Å². The second kappa shape index (κ2) is 11.4. The monoisotopic (exact) mass is 486 g/mol. The third kappa shape index (κ3) is 6.16. The summed E-state index contributed by atoms with van der Waals surface area (Å²) in [6.07, 6.45) is 0.376. The number of carbonyl (C=O) groups is 2. The second-order valence-corrected chi connectivity index (χ2v) is 8.17. The van der Waals surface area contributed by atoms with Crippen LogP contribution in [-0.4, -0.2) is 43.8 Å². The predicted octanol–water partition coefficient (Wildman–Crippen LogP) is 3.36. The lowest BCUT2D eigenvalue weighted by molar-refractivity contribution is -0.385. The third-order valence-corrected chi connectivity index (χ3v) is 5.85. The van der Waals surface area contributed by atoms with Gasteiger partial charge >= 0.3 is 0 Å². The molecule has 0 radical (unpaired) electrons. The maximum atomic E-state index is 13.7. The Labute approximate surface area is 199 Å². The van der Waals surface area contributed by atoms with Crippen LogP contribution in [0.5, 0.6) is 0 Å². The molecule has 178 valence electrons. The first kappa shape index (κ1) is 24.8. The molecule has 0 spiro atoms. The SMILES string of the molecule is CCn1c(CCNC(=O)c2ccccc2F)nnc1SCC(=O)Nc1ccc(C)c([N+](=O)[O-])c1. The number of aryl methyl sites for hydroxylation is 1. The summed E-state index contributed by atoms with van der Waals surface area (Å²) in [6, 6.07) is 10.2. The molecule has 3 rings (SSSR count). The maximum absolute atomic E-state index is 13.7. The predicted molar refractivity (Wildman–Crippen MR) is 125 cm³/mol. The number of nitro benzene ring substituents is 1. The summed E-state index contributed by atoms with van der Waals surface area (Å²) >= 11 is 1.18. The fourth-order valence-corrected chi connectivity index (χ4v) is 3.99. The summed E-state index contributed by atoms with van der Waals surface area (Å²) < 4.78 is 15.5. The van der Waals surface area contributed by atoms with Crippen molar-refractivity contribution in [3.8, 4) is 0 Å². The lowest BCUT2D eigenvalue weighted by atomic mass is 10.2. The van der Waals surface area contributed by atoms with E-state index in [1.807, 2.05) is 11.5 Å². The van der Waals surface area contributed by atoms with Gasteiger partial charge in [-0.25, -0.2) is 4.39 Å². The van der Waals surface area contributed by atoms with Gasteiger partial charge in [-0.15, -0.1) is 10.2 Å². The number of amides is 2. The quantitative estimate of drug-likeness (QED) is 0.255. The Kier molecular flexibility index (Phi) is 8.30. The minimum absolute atomic E-state index is 0.0272. The summed E-state index contributed by atoms with van der Waals surface area (Å²) in [6.45, 7) is 4.32. The number of hydrogen-bond acceptors (Lipinski definition) is 7. The Bertz CT molecular complexity index is 1220. The van der Waals surface area contributed by atoms with Crippen molar-refractivity contribution in [3.05, 3.63) is 75.3 Å². The molecule has 1 heterocycles. The van der Waals surface area contributed by atoms with Gasteiger partial charge < -0.3 is 15.2 Å². The number of carbonyl (C=O) groups excluding carboxylic acids is 2. The molecule has 0 fully saturated rings. The molecule has 2 amide bonds. The van der Waals surface area contributed by atoms with E-state index in [1.165, 1.54) is 36.0 Å². The van der Waals surface area contributed by atoms with Crippen LogP contribution in [0.4, 0.5) is 15.8 Å². The highest BCUT2D eigenvalue weighted by atomic mass is 32.2. The largest absolute Gasteiger partial charge is 0.351 e. The molecule has 12 heteroatoms. The number of nitro groups is 1. The zero-order valence-corrected chi connectivity index (χ0v) is 19.4. The molecule has 10 nitrogen and oxygen atoms in total. The molecular weight excluding hydrogens is 463 g/mol. The topological polar surface area (TPSA) is 132 Å². The van der Waals surface area contributed by atoms with Gasteiger partial charge in [-0.05, 0) is 32.0 Å². The fraction of sp³-hybridized carbons (Fsp3) is 0.273. The van der Waals surface area contributed by atoms with Crippen LogP contribution in [0.1, 0.15) is 28.7 Å². The molecule has 2 N–H and O–H groups in total. The number of nitrogens with one attached hydrogen (secondary N) is 2. The van der Waals surface area contributed by atoms with Crippen LogP contribution in [0, 0.1) is 22.9 Å². The molecule has 1 aromatic heterocycles. The van der Waals surface area contributed by atoms with Gasteiger partial charge in [0, 0.05) is 36.8 Å². The van der Waals surface area contributed by atoms with E-state index in [0.29, 0.717) is 35.2 Å². The highest BCUT2D eigenvalue weighted by molar-refractivity contribution is 7.99. The van der Waals surface area contributed by atoms with Gasteiger partial charge in [0.2, 0.25) is 5.91 Å². The highest BCUT2D eigenvalue weighted by Gasteiger charge is 2.16. The number of rotatable bonds is 10. The number of aromatic nitrogens is 3. The van der Waals surface area contributed by atoms with Crippen LogP contribution in [0.3, 0.4) is 0 Å². The molecular formula is C22H23FN6O4S. The van der Waals surface area contributed by atoms with Crippen molar-refractivity contribution in [1.29, 1.82) is 0 Å². The van der Waals surface area contributed by atoms with Crippen LogP contribution >= 0.6 is 11.8 Å². The summed E-state index contributed by atoms with van der Waals surface area (Å²) in [5.74, 6) is -0.790. The molecule has 0 unspecified atom stereocenters. The number of benzene rings is 2. The number of hydrogen-bond donors (Lipinski definition) is 2. The maximum Gasteiger partial charge on any atom is 0.274 e. The number of nitrogens with zero attached hydrogens (tertiary/aromatic N) is 4. The van der Waals surface area contributed by atoms with Gasteiger partial charge in [-0.1, -0.05) is 30.0 Å². The van der Waals surface area contributed by atoms with Crippen molar-refractivity contribution < 1.29 is 18.9 Å². The molecule has 2 aromatic carbocycles. The first-order chi connectivity index (χ1) is 16.3. The molecule has 0 aliphatic heterocycles. The average molecular weight is 487 g/mol. The Morgan fingerprint density at radius 2 is 1.97 bits per heavy atom. The van der Waals surface area contributed by atoms with Crippen molar-refractivity contribution >= 4 is 35.0 Å². The molecule has 0 aliphatic rings. The van der Waals surface area contributed by atoms with Crippen LogP contribution < -0.4 is 10.6 Å². The van der Waals surface area contributed by atoms with E-state index < -0.39 is 16.6 Å². The van der Waals surface area contributed by atoms with Crippen LogP contribution in [-0.2, 0) is 17.8 Å². The van der Waals surface area contributed by atoms with Crippen LogP contribution in [0.25, 0.3) is 0 Å². The number of halogens is 1. The van der Waals surface area contributed by atoms with Gasteiger partial charge in [-0.3, -0.25) is 19.7 Å². The molecule has 34 heavy (non-hydrogen) atoms. The summed E-state index contributed by atoms with van der Waals surface area (Å²) in [5, 5.41) is 25.2. The Balaban J connectivity index is 1.54. The van der Waals surface area contributed by atoms with E-state index in [0.717, 1.165) is 0 Å². The molecule has 0 saturated carbocycles. The Hall–Kier alpha value is -3.80. The molecule has 0 saturated heterocycles. The van der Waals surface area contributed by atoms with Gasteiger partial charge in [0.1, 0.15) is 11.6 Å². The summed E-state index contributed by atoms with van der Waals surface area (Å²) in [4.78, 5) is 35.0. The van der Waals surface area contributed by atoms with Crippen molar-refractivity contribution in [2.45, 2.75) is 32.0 Å². The summed E-state index contributed by atoms with van der Waals surface area (Å²) in [7, 11) is 0. The second-order valence-electron chi connectivity index (χ2n) is 7.22. The van der Waals surface area contributed by atoms with Crippen LogP contribution in [0.2, 0.25) is 0 Å². The van der Waals surface area contributed by atoms with E-state index in [2.05, 4.69) is 20.8 Å². The minimum atomic E-state index is -0.589. The van der Waals surface area contributed by atoms with Gasteiger partial charge in [0.15, 0.2) is 5.16 Å². The van der Waals surface area contributed by atoms with E-state index >= 15 is 0 Å². The lowest BCUT2D eigenvalue weighted by Crippen LogP contribution is -2.27. The Morgan fingerprint density at radius 1 is 1.21 bits per heavy atom. The average Bonchev–Trinajstić information content (AvgIpc) is 3.20. The first-order valence-corrected chi connectivity index (χ1v) is 11.4. The first-order valence-electron chi connectivity index (χ1n) is 10.4. The molecule has 0 bridgehead atoms. The molecule has 0 atom stereocenters. The van der Waals surface area contributed by atoms with E-state index in [9.17, 15) is 24.1 Å². The zero-order valence-electron chi connectivity index (χ0n) is 18.6. The van der Waals surface area contributed by atoms with E-state index in [-0.39, 0.29) is 29.5 Å².